The summed E-state index contributed by atoms with van der Waals surface area (Å²) in [4.78, 5) is 38.1. The van der Waals surface area contributed by atoms with Crippen molar-refractivity contribution < 1.29 is 18.8 Å². The van der Waals surface area contributed by atoms with Crippen LogP contribution in [0.5, 0.6) is 0 Å². The third-order valence-corrected chi connectivity index (χ3v) is 5.45. The van der Waals surface area contributed by atoms with Crippen LogP contribution >= 0.6 is 11.6 Å². The number of rotatable bonds is 5. The Labute approximate surface area is 180 Å². The largest absolute Gasteiger partial charge is 0.465 e. The number of likely N-dealkylation sites (tertiary alicyclic amines) is 1. The van der Waals surface area contributed by atoms with Crippen LogP contribution in [0, 0.1) is 12.8 Å². The first-order chi connectivity index (χ1) is 14.4. The molecule has 3 rings (SSSR count). The van der Waals surface area contributed by atoms with E-state index in [1.165, 1.54) is 6.08 Å². The molecule has 158 valence electrons. The third-order valence-electron chi connectivity index (χ3n) is 5.05. The fraction of sp³-hybridized carbons (Fsp3) is 0.318. The smallest absolute Gasteiger partial charge is 0.313 e. The molecule has 1 aromatic carbocycles. The van der Waals surface area contributed by atoms with Crippen LogP contribution in [-0.4, -0.2) is 42.3 Å². The van der Waals surface area contributed by atoms with Gasteiger partial charge in [-0.05, 0) is 61.6 Å². The van der Waals surface area contributed by atoms with Gasteiger partial charge in [0.15, 0.2) is 0 Å². The maximum Gasteiger partial charge on any atom is 0.313 e. The van der Waals surface area contributed by atoms with Gasteiger partial charge in [0.05, 0.1) is 6.26 Å². The molecule has 2 aromatic rings. The SMILES string of the molecule is Cc1ccc(NC(=O)C(=O)NCC2CCN(C(=O)C=Cc3ccco3)CC2)cc1Cl. The van der Waals surface area contributed by atoms with Gasteiger partial charge in [-0.1, -0.05) is 17.7 Å². The monoisotopic (exact) mass is 429 g/mol. The molecule has 8 heteroatoms. The van der Waals surface area contributed by atoms with Gasteiger partial charge in [0.2, 0.25) is 5.91 Å². The Hall–Kier alpha value is -3.06. The van der Waals surface area contributed by atoms with Crippen LogP contribution in [0.4, 0.5) is 5.69 Å². The van der Waals surface area contributed by atoms with E-state index in [0.29, 0.717) is 36.1 Å². The van der Waals surface area contributed by atoms with E-state index in [4.69, 9.17) is 16.0 Å². The normalized spacial score (nSPS) is 14.7. The second-order valence-corrected chi connectivity index (χ2v) is 7.65. The van der Waals surface area contributed by atoms with Crippen LogP contribution in [0.1, 0.15) is 24.2 Å². The molecule has 1 aliphatic rings. The molecule has 0 atom stereocenters. The lowest BCUT2D eigenvalue weighted by Crippen LogP contribution is -2.43. The topological polar surface area (TPSA) is 91.7 Å². The first-order valence-corrected chi connectivity index (χ1v) is 10.2. The van der Waals surface area contributed by atoms with Crippen molar-refractivity contribution in [3.63, 3.8) is 0 Å². The van der Waals surface area contributed by atoms with Crippen LogP contribution in [-0.2, 0) is 14.4 Å². The molecule has 2 heterocycles. The molecule has 0 saturated carbocycles. The number of hydrogen-bond acceptors (Lipinski definition) is 4. The first kappa shape index (κ1) is 21.6. The van der Waals surface area contributed by atoms with Crippen molar-refractivity contribution in [2.45, 2.75) is 19.8 Å². The van der Waals surface area contributed by atoms with E-state index in [1.807, 2.05) is 6.92 Å². The van der Waals surface area contributed by atoms with Gasteiger partial charge in [0.25, 0.3) is 0 Å². The van der Waals surface area contributed by atoms with Crippen molar-refractivity contribution in [1.82, 2.24) is 10.2 Å². The highest BCUT2D eigenvalue weighted by atomic mass is 35.5. The van der Waals surface area contributed by atoms with Crippen LogP contribution in [0.15, 0.2) is 47.1 Å². The highest BCUT2D eigenvalue weighted by Gasteiger charge is 2.23. The molecular weight excluding hydrogens is 406 g/mol. The molecule has 7 nitrogen and oxygen atoms in total. The Morgan fingerprint density at radius 1 is 1.20 bits per heavy atom. The Morgan fingerprint density at radius 3 is 2.63 bits per heavy atom. The number of piperidine rings is 1. The van der Waals surface area contributed by atoms with Gasteiger partial charge in [0.1, 0.15) is 5.76 Å². The minimum absolute atomic E-state index is 0.0648. The summed E-state index contributed by atoms with van der Waals surface area (Å²) >= 11 is 6.03. The third kappa shape index (κ3) is 5.97. The van der Waals surface area contributed by atoms with Crippen molar-refractivity contribution in [1.29, 1.82) is 0 Å². The number of aryl methyl sites for hydroxylation is 1. The van der Waals surface area contributed by atoms with Crippen molar-refractivity contribution in [3.05, 3.63) is 59.0 Å². The maximum absolute atomic E-state index is 12.2. The van der Waals surface area contributed by atoms with Crippen molar-refractivity contribution in [2.24, 2.45) is 5.92 Å². The van der Waals surface area contributed by atoms with Crippen LogP contribution < -0.4 is 10.6 Å². The molecule has 3 amide bonds. The number of nitrogens with one attached hydrogen (secondary N) is 2. The Bertz CT molecular complexity index is 932. The molecule has 2 N–H and O–H groups in total. The zero-order valence-corrected chi connectivity index (χ0v) is 17.4. The lowest BCUT2D eigenvalue weighted by Gasteiger charge is -2.31. The number of amides is 3. The Balaban J connectivity index is 1.39. The molecule has 1 aromatic heterocycles. The summed E-state index contributed by atoms with van der Waals surface area (Å²) in [5.41, 5.74) is 1.36. The minimum atomic E-state index is -0.731. The lowest BCUT2D eigenvalue weighted by molar-refractivity contribution is -0.136. The van der Waals surface area contributed by atoms with Crippen LogP contribution in [0.25, 0.3) is 6.08 Å². The molecule has 1 aliphatic heterocycles. The quantitative estimate of drug-likeness (QED) is 0.563. The number of carbonyl (C=O) groups excluding carboxylic acids is 3. The summed E-state index contributed by atoms with van der Waals surface area (Å²) in [6, 6.07) is 8.62. The van der Waals surface area contributed by atoms with Crippen molar-refractivity contribution in [2.75, 3.05) is 25.0 Å². The Morgan fingerprint density at radius 2 is 1.97 bits per heavy atom. The average Bonchev–Trinajstić information content (AvgIpc) is 3.27. The molecule has 0 bridgehead atoms. The number of nitrogens with zero attached hydrogens (tertiary/aromatic N) is 1. The zero-order valence-electron chi connectivity index (χ0n) is 16.7. The standard InChI is InChI=1S/C22H24ClN3O4/c1-15-4-5-17(13-19(15)23)25-22(29)21(28)24-14-16-8-10-26(11-9-16)20(27)7-6-18-3-2-12-30-18/h2-7,12-13,16H,8-11,14H2,1H3,(H,24,28)(H,25,29). The summed E-state index contributed by atoms with van der Waals surface area (Å²) in [5.74, 6) is -0.636. The van der Waals surface area contributed by atoms with E-state index in [9.17, 15) is 14.4 Å². The summed E-state index contributed by atoms with van der Waals surface area (Å²) in [6.07, 6.45) is 6.23. The number of halogens is 1. The maximum atomic E-state index is 12.2. The molecule has 30 heavy (non-hydrogen) atoms. The fourth-order valence-electron chi connectivity index (χ4n) is 3.18. The van der Waals surface area contributed by atoms with Crippen LogP contribution in [0.2, 0.25) is 5.02 Å². The minimum Gasteiger partial charge on any atom is -0.465 e. The van der Waals surface area contributed by atoms with Gasteiger partial charge in [-0.2, -0.15) is 0 Å². The lowest BCUT2D eigenvalue weighted by atomic mass is 9.96. The average molecular weight is 430 g/mol. The summed E-state index contributed by atoms with van der Waals surface area (Å²) in [5, 5.41) is 5.74. The van der Waals surface area contributed by atoms with Gasteiger partial charge < -0.3 is 20.0 Å². The molecule has 1 saturated heterocycles. The van der Waals surface area contributed by atoms with Gasteiger partial charge in [0, 0.05) is 36.4 Å². The number of carbonyl (C=O) groups is 3. The molecule has 0 spiro atoms. The number of benzene rings is 1. The number of furan rings is 1. The summed E-state index contributed by atoms with van der Waals surface area (Å²) < 4.78 is 5.17. The van der Waals surface area contributed by atoms with Crippen molar-refractivity contribution >= 4 is 41.1 Å². The molecule has 0 aliphatic carbocycles. The Kier molecular flexibility index (Phi) is 7.30. The summed E-state index contributed by atoms with van der Waals surface area (Å²) in [7, 11) is 0. The number of hydrogen-bond donors (Lipinski definition) is 2. The van der Waals surface area contributed by atoms with E-state index in [1.54, 1.807) is 47.6 Å². The molecule has 1 fully saturated rings. The predicted octanol–water partition coefficient (Wildman–Crippen LogP) is 3.25. The second-order valence-electron chi connectivity index (χ2n) is 7.25. The van der Waals surface area contributed by atoms with E-state index in [2.05, 4.69) is 10.6 Å². The molecular formula is C22H24ClN3O4. The highest BCUT2D eigenvalue weighted by molar-refractivity contribution is 6.39. The molecule has 0 radical (unpaired) electrons. The second kappa shape index (κ2) is 10.1. The van der Waals surface area contributed by atoms with Gasteiger partial charge in [-0.15, -0.1) is 0 Å². The zero-order chi connectivity index (χ0) is 21.5. The van der Waals surface area contributed by atoms with Crippen LogP contribution in [0.3, 0.4) is 0 Å². The van der Waals surface area contributed by atoms with Crippen molar-refractivity contribution in [3.8, 4) is 0 Å². The summed E-state index contributed by atoms with van der Waals surface area (Å²) in [6.45, 7) is 3.46. The number of anilines is 1. The predicted molar refractivity (Wildman–Crippen MR) is 115 cm³/mol. The van der Waals surface area contributed by atoms with Gasteiger partial charge in [-0.3, -0.25) is 14.4 Å². The fourth-order valence-corrected chi connectivity index (χ4v) is 3.36. The van der Waals surface area contributed by atoms with E-state index >= 15 is 0 Å². The van der Waals surface area contributed by atoms with Gasteiger partial charge in [-0.25, -0.2) is 0 Å². The van der Waals surface area contributed by atoms with Gasteiger partial charge >= 0.3 is 11.8 Å². The van der Waals surface area contributed by atoms with E-state index in [0.717, 1.165) is 18.4 Å². The van der Waals surface area contributed by atoms with E-state index in [-0.39, 0.29) is 11.8 Å². The molecule has 0 unspecified atom stereocenters. The first-order valence-electron chi connectivity index (χ1n) is 9.78. The highest BCUT2D eigenvalue weighted by Crippen LogP contribution is 2.20. The van der Waals surface area contributed by atoms with E-state index < -0.39 is 11.8 Å².